The normalized spacial score (nSPS) is 10.7. The summed E-state index contributed by atoms with van der Waals surface area (Å²) in [6, 6.07) is 1.60. The molecular formula is C12H14N4O2S. The first kappa shape index (κ1) is 13.4. The molecule has 6 nitrogen and oxygen atoms in total. The molecule has 0 fully saturated rings. The summed E-state index contributed by atoms with van der Waals surface area (Å²) in [6.07, 6.45) is 1.54. The Bertz CT molecular complexity index is 660. The highest BCUT2D eigenvalue weighted by Crippen LogP contribution is 2.21. The van der Waals surface area contributed by atoms with Gasteiger partial charge < -0.3 is 10.3 Å². The van der Waals surface area contributed by atoms with Gasteiger partial charge in [-0.05, 0) is 6.92 Å². The molecule has 0 aliphatic heterocycles. The van der Waals surface area contributed by atoms with E-state index in [1.807, 2.05) is 13.8 Å². The molecule has 1 amide bonds. The van der Waals surface area contributed by atoms with Crippen molar-refractivity contribution in [1.82, 2.24) is 15.0 Å². The van der Waals surface area contributed by atoms with Gasteiger partial charge in [-0.15, -0.1) is 11.3 Å². The quantitative estimate of drug-likeness (QED) is 0.897. The van der Waals surface area contributed by atoms with E-state index in [-0.39, 0.29) is 17.6 Å². The average Bonchev–Trinajstić information content (AvgIpc) is 2.76. The van der Waals surface area contributed by atoms with Gasteiger partial charge >= 0.3 is 5.69 Å². The summed E-state index contributed by atoms with van der Waals surface area (Å²) in [7, 11) is 0. The van der Waals surface area contributed by atoms with E-state index in [4.69, 9.17) is 0 Å². The molecule has 0 spiro atoms. The lowest BCUT2D eigenvalue weighted by Crippen LogP contribution is -2.18. The Hall–Kier alpha value is -2.02. The Morgan fingerprint density at radius 3 is 2.79 bits per heavy atom. The van der Waals surface area contributed by atoms with E-state index in [1.54, 1.807) is 13.0 Å². The third kappa shape index (κ3) is 3.25. The first-order chi connectivity index (χ1) is 8.95. The number of aromatic amines is 1. The highest BCUT2D eigenvalue weighted by atomic mass is 32.1. The number of hydrogen-bond donors (Lipinski definition) is 2. The van der Waals surface area contributed by atoms with Crippen LogP contribution in [0.2, 0.25) is 0 Å². The minimum absolute atomic E-state index is 0.241. The number of nitrogens with one attached hydrogen (secondary N) is 2. The molecule has 2 rings (SSSR count). The highest BCUT2D eigenvalue weighted by Gasteiger charge is 2.13. The van der Waals surface area contributed by atoms with Crippen LogP contribution in [0.15, 0.2) is 17.1 Å². The summed E-state index contributed by atoms with van der Waals surface area (Å²) < 4.78 is 0. The van der Waals surface area contributed by atoms with Crippen molar-refractivity contribution in [3.8, 4) is 0 Å². The Balaban J connectivity index is 2.18. The molecule has 2 aromatic heterocycles. The molecular weight excluding hydrogens is 264 g/mol. The highest BCUT2D eigenvalue weighted by molar-refractivity contribution is 7.13. The van der Waals surface area contributed by atoms with E-state index >= 15 is 0 Å². The lowest BCUT2D eigenvalue weighted by atomic mass is 10.2. The molecule has 0 atom stereocenters. The van der Waals surface area contributed by atoms with Crippen LogP contribution < -0.4 is 11.0 Å². The van der Waals surface area contributed by atoms with Gasteiger partial charge in [-0.3, -0.25) is 4.79 Å². The zero-order valence-corrected chi connectivity index (χ0v) is 11.7. The Kier molecular flexibility index (Phi) is 3.75. The number of anilines is 1. The topological polar surface area (TPSA) is 87.7 Å². The Morgan fingerprint density at radius 2 is 2.21 bits per heavy atom. The van der Waals surface area contributed by atoms with Crippen LogP contribution in [0.5, 0.6) is 0 Å². The number of carbonyl (C=O) groups excluding carboxylic acids is 1. The molecule has 0 bridgehead atoms. The number of H-pyrrole nitrogens is 1. The maximum atomic E-state index is 12.0. The monoisotopic (exact) mass is 278 g/mol. The van der Waals surface area contributed by atoms with E-state index in [9.17, 15) is 9.59 Å². The maximum absolute atomic E-state index is 12.0. The molecule has 0 aliphatic rings. The van der Waals surface area contributed by atoms with Gasteiger partial charge in [0.15, 0.2) is 0 Å². The van der Waals surface area contributed by atoms with Crippen LogP contribution in [0.1, 0.15) is 40.1 Å². The molecule has 0 unspecified atom stereocenters. The molecule has 2 heterocycles. The van der Waals surface area contributed by atoms with Crippen LogP contribution in [0.4, 0.5) is 5.82 Å². The first-order valence-corrected chi connectivity index (χ1v) is 6.62. The molecule has 0 saturated heterocycles. The Labute approximate surface area is 113 Å². The molecule has 0 saturated carbocycles. The van der Waals surface area contributed by atoms with Crippen molar-refractivity contribution in [3.63, 3.8) is 0 Å². The molecule has 19 heavy (non-hydrogen) atoms. The summed E-state index contributed by atoms with van der Waals surface area (Å²) >= 11 is 1.34. The van der Waals surface area contributed by atoms with Crippen LogP contribution in [-0.2, 0) is 0 Å². The average molecular weight is 278 g/mol. The van der Waals surface area contributed by atoms with Gasteiger partial charge in [0.05, 0.1) is 11.2 Å². The van der Waals surface area contributed by atoms with Crippen molar-refractivity contribution in [2.24, 2.45) is 0 Å². The second-order valence-corrected chi connectivity index (χ2v) is 5.49. The fraction of sp³-hybridized carbons (Fsp3) is 0.333. The summed E-state index contributed by atoms with van der Waals surface area (Å²) in [4.78, 5) is 34.1. The fourth-order valence-corrected chi connectivity index (χ4v) is 2.30. The van der Waals surface area contributed by atoms with Gasteiger partial charge in [-0.1, -0.05) is 13.8 Å². The van der Waals surface area contributed by atoms with E-state index in [1.165, 1.54) is 17.5 Å². The second kappa shape index (κ2) is 5.31. The number of hydrogen-bond acceptors (Lipinski definition) is 5. The minimum Gasteiger partial charge on any atom is -0.310 e. The number of nitrogens with zero attached hydrogens (tertiary/aromatic N) is 2. The molecule has 0 aromatic carbocycles. The van der Waals surface area contributed by atoms with Crippen LogP contribution in [0.3, 0.4) is 0 Å². The number of aromatic nitrogens is 3. The van der Waals surface area contributed by atoms with Crippen molar-refractivity contribution in [2.45, 2.75) is 26.7 Å². The first-order valence-electron chi connectivity index (χ1n) is 5.80. The van der Waals surface area contributed by atoms with E-state index in [0.29, 0.717) is 10.6 Å². The van der Waals surface area contributed by atoms with Gasteiger partial charge in [0, 0.05) is 17.7 Å². The predicted molar refractivity (Wildman–Crippen MR) is 73.8 cm³/mol. The fourth-order valence-electron chi connectivity index (χ4n) is 1.48. The SMILES string of the molecule is Cc1cc(NC(=O)c2cnc(C(C)C)s2)nc(=O)[nH]1. The zero-order chi connectivity index (χ0) is 14.0. The maximum Gasteiger partial charge on any atom is 0.347 e. The number of rotatable bonds is 3. The summed E-state index contributed by atoms with van der Waals surface area (Å²) in [5.74, 6) is 0.221. The minimum atomic E-state index is -0.484. The van der Waals surface area contributed by atoms with Crippen molar-refractivity contribution < 1.29 is 4.79 Å². The van der Waals surface area contributed by atoms with Crippen LogP contribution in [0, 0.1) is 6.92 Å². The number of amides is 1. The second-order valence-electron chi connectivity index (χ2n) is 4.43. The lowest BCUT2D eigenvalue weighted by molar-refractivity contribution is 0.103. The third-order valence-electron chi connectivity index (χ3n) is 2.36. The largest absolute Gasteiger partial charge is 0.347 e. The van der Waals surface area contributed by atoms with Crippen molar-refractivity contribution in [2.75, 3.05) is 5.32 Å². The van der Waals surface area contributed by atoms with Crippen LogP contribution in [0.25, 0.3) is 0 Å². The lowest BCUT2D eigenvalue weighted by Gasteiger charge is -2.02. The molecule has 2 N–H and O–H groups in total. The van der Waals surface area contributed by atoms with Crippen LogP contribution >= 0.6 is 11.3 Å². The van der Waals surface area contributed by atoms with Gasteiger partial charge in [0.1, 0.15) is 10.7 Å². The number of carbonyl (C=O) groups is 1. The third-order valence-corrected chi connectivity index (χ3v) is 3.66. The molecule has 2 aromatic rings. The number of thiazole rings is 1. The van der Waals surface area contributed by atoms with E-state index in [0.717, 1.165) is 5.01 Å². The van der Waals surface area contributed by atoms with Gasteiger partial charge in [0.2, 0.25) is 0 Å². The number of aryl methyl sites for hydroxylation is 1. The van der Waals surface area contributed by atoms with Crippen molar-refractivity contribution in [3.05, 3.63) is 38.3 Å². The van der Waals surface area contributed by atoms with Crippen molar-refractivity contribution in [1.29, 1.82) is 0 Å². The molecule has 7 heteroatoms. The van der Waals surface area contributed by atoms with Gasteiger partial charge in [-0.2, -0.15) is 4.98 Å². The zero-order valence-electron chi connectivity index (χ0n) is 10.9. The predicted octanol–water partition coefficient (Wildman–Crippen LogP) is 1.91. The van der Waals surface area contributed by atoms with E-state index < -0.39 is 5.69 Å². The van der Waals surface area contributed by atoms with Crippen molar-refractivity contribution >= 4 is 23.1 Å². The summed E-state index contributed by atoms with van der Waals surface area (Å²) in [6.45, 7) is 5.76. The molecule has 0 aliphatic carbocycles. The summed E-state index contributed by atoms with van der Waals surface area (Å²) in [5.41, 5.74) is 0.157. The van der Waals surface area contributed by atoms with Crippen LogP contribution in [-0.4, -0.2) is 20.9 Å². The van der Waals surface area contributed by atoms with Gasteiger partial charge in [0.25, 0.3) is 5.91 Å². The summed E-state index contributed by atoms with van der Waals surface area (Å²) in [5, 5.41) is 3.50. The molecule has 100 valence electrons. The standard InChI is InChI=1S/C12H14N4O2S/c1-6(2)11-13-5-8(19-11)10(17)15-9-4-7(3)14-12(18)16-9/h4-6H,1-3H3,(H2,14,15,16,17,18). The Morgan fingerprint density at radius 1 is 1.47 bits per heavy atom. The molecule has 0 radical (unpaired) electrons. The van der Waals surface area contributed by atoms with Gasteiger partial charge in [-0.25, -0.2) is 9.78 Å². The smallest absolute Gasteiger partial charge is 0.310 e. The van der Waals surface area contributed by atoms with E-state index in [2.05, 4.69) is 20.3 Å².